The summed E-state index contributed by atoms with van der Waals surface area (Å²) in [5.74, 6) is 1.28. The number of aromatic nitrogens is 1. The van der Waals surface area contributed by atoms with Crippen LogP contribution in [0.4, 0.5) is 0 Å². The number of rotatable bonds is 2. The summed E-state index contributed by atoms with van der Waals surface area (Å²) in [6.07, 6.45) is 1.45. The Morgan fingerprint density at radius 1 is 1.33 bits per heavy atom. The maximum absolute atomic E-state index is 6.36. The van der Waals surface area contributed by atoms with Crippen molar-refractivity contribution in [2.75, 3.05) is 20.3 Å². The van der Waals surface area contributed by atoms with E-state index in [-0.39, 0.29) is 0 Å². The molecule has 1 saturated heterocycles. The highest BCUT2D eigenvalue weighted by molar-refractivity contribution is 5.79. The van der Waals surface area contributed by atoms with Crippen LogP contribution < -0.4 is 10.5 Å². The molecule has 2 N–H and O–H groups in total. The van der Waals surface area contributed by atoms with E-state index in [9.17, 15) is 0 Å². The highest BCUT2D eigenvalue weighted by Crippen LogP contribution is 2.33. The third-order valence-electron chi connectivity index (χ3n) is 3.41. The number of ether oxygens (including phenoxy) is 2. The Morgan fingerprint density at radius 2 is 2.11 bits per heavy atom. The lowest BCUT2D eigenvalue weighted by Crippen LogP contribution is -2.42. The van der Waals surface area contributed by atoms with Crippen molar-refractivity contribution in [3.05, 3.63) is 24.1 Å². The van der Waals surface area contributed by atoms with Crippen molar-refractivity contribution in [1.29, 1.82) is 0 Å². The molecule has 2 aromatic rings. The van der Waals surface area contributed by atoms with Crippen molar-refractivity contribution in [2.45, 2.75) is 18.4 Å². The maximum atomic E-state index is 6.36. The summed E-state index contributed by atoms with van der Waals surface area (Å²) in [5.41, 5.74) is 7.27. The van der Waals surface area contributed by atoms with Crippen molar-refractivity contribution in [2.24, 2.45) is 5.73 Å². The second kappa shape index (κ2) is 4.26. The second-order valence-corrected chi connectivity index (χ2v) is 4.59. The molecule has 1 aliphatic rings. The topological polar surface area (TPSA) is 70.5 Å². The fourth-order valence-electron chi connectivity index (χ4n) is 2.25. The molecule has 18 heavy (non-hydrogen) atoms. The van der Waals surface area contributed by atoms with Crippen LogP contribution in [-0.2, 0) is 10.3 Å². The molecule has 0 atom stereocenters. The van der Waals surface area contributed by atoms with Crippen molar-refractivity contribution in [3.8, 4) is 5.75 Å². The summed E-state index contributed by atoms with van der Waals surface area (Å²) in [6.45, 7) is 1.29. The molecule has 5 nitrogen and oxygen atoms in total. The van der Waals surface area contributed by atoms with Crippen molar-refractivity contribution in [1.82, 2.24) is 4.98 Å². The summed E-state index contributed by atoms with van der Waals surface area (Å²) in [5, 5.41) is 0. The van der Waals surface area contributed by atoms with Crippen LogP contribution in [0.2, 0.25) is 0 Å². The molecule has 1 fully saturated rings. The molecular weight excluding hydrogens is 232 g/mol. The van der Waals surface area contributed by atoms with Crippen LogP contribution in [0.25, 0.3) is 11.1 Å². The van der Waals surface area contributed by atoms with Gasteiger partial charge < -0.3 is 19.6 Å². The average molecular weight is 248 g/mol. The Hall–Kier alpha value is -1.59. The van der Waals surface area contributed by atoms with Crippen molar-refractivity contribution < 1.29 is 13.9 Å². The molecule has 0 bridgehead atoms. The van der Waals surface area contributed by atoms with Crippen molar-refractivity contribution >= 4 is 11.1 Å². The molecule has 2 heterocycles. The zero-order valence-corrected chi connectivity index (χ0v) is 10.3. The average Bonchev–Trinajstić information content (AvgIpc) is 2.84. The summed E-state index contributed by atoms with van der Waals surface area (Å²) < 4.78 is 16.4. The molecule has 0 spiro atoms. The molecule has 1 aromatic carbocycles. The Labute approximate surface area is 105 Å². The zero-order chi connectivity index (χ0) is 12.6. The lowest BCUT2D eigenvalue weighted by atomic mass is 9.91. The SMILES string of the molecule is COc1cccc2oc(C3(N)CCOCC3)nc12. The molecule has 3 rings (SSSR count). The number of methoxy groups -OCH3 is 1. The first-order valence-corrected chi connectivity index (χ1v) is 6.03. The van der Waals surface area contributed by atoms with Crippen LogP contribution in [0.3, 0.4) is 0 Å². The lowest BCUT2D eigenvalue weighted by molar-refractivity contribution is 0.0429. The molecule has 0 saturated carbocycles. The fourth-order valence-corrected chi connectivity index (χ4v) is 2.25. The van der Waals surface area contributed by atoms with Crippen LogP contribution in [-0.4, -0.2) is 25.3 Å². The standard InChI is InChI=1S/C13H16N2O3/c1-16-9-3-2-4-10-11(9)15-12(18-10)13(14)5-7-17-8-6-13/h2-4H,5-8,14H2,1H3. The third kappa shape index (κ3) is 1.76. The number of fused-ring (bicyclic) bond motifs is 1. The molecule has 96 valence electrons. The first-order chi connectivity index (χ1) is 8.73. The molecule has 0 unspecified atom stereocenters. The summed E-state index contributed by atoms with van der Waals surface area (Å²) in [7, 11) is 1.62. The maximum Gasteiger partial charge on any atom is 0.215 e. The highest BCUT2D eigenvalue weighted by atomic mass is 16.5. The Bertz CT molecular complexity index is 558. The minimum atomic E-state index is -0.526. The summed E-state index contributed by atoms with van der Waals surface area (Å²) in [4.78, 5) is 4.51. The smallest absolute Gasteiger partial charge is 0.215 e. The number of para-hydroxylation sites is 1. The molecule has 0 aliphatic carbocycles. The van der Waals surface area contributed by atoms with Gasteiger partial charge >= 0.3 is 0 Å². The van der Waals surface area contributed by atoms with E-state index in [4.69, 9.17) is 19.6 Å². The largest absolute Gasteiger partial charge is 0.494 e. The number of hydrogen-bond donors (Lipinski definition) is 1. The van der Waals surface area contributed by atoms with E-state index in [1.165, 1.54) is 0 Å². The molecule has 1 aliphatic heterocycles. The van der Waals surface area contributed by atoms with Gasteiger partial charge in [0.1, 0.15) is 5.75 Å². The Kier molecular flexibility index (Phi) is 2.72. The first kappa shape index (κ1) is 11.5. The van der Waals surface area contributed by atoms with Gasteiger partial charge in [0.15, 0.2) is 11.1 Å². The van der Waals surface area contributed by atoms with Crippen LogP contribution in [0.1, 0.15) is 18.7 Å². The van der Waals surface area contributed by atoms with Crippen molar-refractivity contribution in [3.63, 3.8) is 0 Å². The van der Waals surface area contributed by atoms with E-state index in [1.54, 1.807) is 7.11 Å². The molecule has 1 aromatic heterocycles. The Balaban J connectivity index is 2.07. The molecular formula is C13H16N2O3. The van der Waals surface area contributed by atoms with Gasteiger partial charge in [0.25, 0.3) is 0 Å². The second-order valence-electron chi connectivity index (χ2n) is 4.59. The van der Waals surface area contributed by atoms with Gasteiger partial charge in [-0.25, -0.2) is 4.98 Å². The van der Waals surface area contributed by atoms with Crippen LogP contribution in [0, 0.1) is 0 Å². The van der Waals surface area contributed by atoms with E-state index >= 15 is 0 Å². The van der Waals surface area contributed by atoms with Gasteiger partial charge in [-0.15, -0.1) is 0 Å². The van der Waals surface area contributed by atoms with E-state index < -0.39 is 5.54 Å². The molecule has 0 radical (unpaired) electrons. The van der Waals surface area contributed by atoms with Crippen LogP contribution in [0.15, 0.2) is 22.6 Å². The van der Waals surface area contributed by atoms with Gasteiger partial charge in [-0.05, 0) is 25.0 Å². The number of benzene rings is 1. The number of nitrogens with zero attached hydrogens (tertiary/aromatic N) is 1. The number of oxazole rings is 1. The van der Waals surface area contributed by atoms with Gasteiger partial charge in [-0.2, -0.15) is 0 Å². The monoisotopic (exact) mass is 248 g/mol. The number of nitrogens with two attached hydrogens (primary N) is 1. The lowest BCUT2D eigenvalue weighted by Gasteiger charge is -2.29. The predicted octanol–water partition coefficient (Wildman–Crippen LogP) is 1.80. The van der Waals surface area contributed by atoms with Crippen LogP contribution >= 0.6 is 0 Å². The molecule has 5 heteroatoms. The number of hydrogen-bond acceptors (Lipinski definition) is 5. The van der Waals surface area contributed by atoms with E-state index in [0.29, 0.717) is 30.4 Å². The normalized spacial score (nSPS) is 19.0. The first-order valence-electron chi connectivity index (χ1n) is 6.03. The minimum Gasteiger partial charge on any atom is -0.494 e. The zero-order valence-electron chi connectivity index (χ0n) is 10.3. The third-order valence-corrected chi connectivity index (χ3v) is 3.41. The van der Waals surface area contributed by atoms with Crippen LogP contribution in [0.5, 0.6) is 5.75 Å². The van der Waals surface area contributed by atoms with E-state index in [2.05, 4.69) is 4.98 Å². The van der Waals surface area contributed by atoms with E-state index in [1.807, 2.05) is 18.2 Å². The van der Waals surface area contributed by atoms with E-state index in [0.717, 1.165) is 18.4 Å². The fraction of sp³-hybridized carbons (Fsp3) is 0.462. The predicted molar refractivity (Wildman–Crippen MR) is 66.5 cm³/mol. The summed E-state index contributed by atoms with van der Waals surface area (Å²) in [6, 6.07) is 5.61. The van der Waals surface area contributed by atoms with Gasteiger partial charge in [-0.3, -0.25) is 0 Å². The Morgan fingerprint density at radius 3 is 2.83 bits per heavy atom. The van der Waals surface area contributed by atoms with Gasteiger partial charge in [0, 0.05) is 13.2 Å². The summed E-state index contributed by atoms with van der Waals surface area (Å²) >= 11 is 0. The van der Waals surface area contributed by atoms with Gasteiger partial charge in [0.05, 0.1) is 12.6 Å². The highest BCUT2D eigenvalue weighted by Gasteiger charge is 2.35. The van der Waals surface area contributed by atoms with Gasteiger partial charge in [0.2, 0.25) is 5.89 Å². The molecule has 0 amide bonds. The quantitative estimate of drug-likeness (QED) is 0.877. The minimum absolute atomic E-state index is 0.526. The van der Waals surface area contributed by atoms with Gasteiger partial charge in [-0.1, -0.05) is 6.07 Å².